The number of aromatic nitrogens is 3. The van der Waals surface area contributed by atoms with Gasteiger partial charge in [-0.1, -0.05) is 11.6 Å². The van der Waals surface area contributed by atoms with Crippen LogP contribution < -0.4 is 10.1 Å². The van der Waals surface area contributed by atoms with Gasteiger partial charge in [0.15, 0.2) is 5.69 Å². The number of piperidine rings is 1. The molecule has 8 nitrogen and oxygen atoms in total. The third-order valence-electron chi connectivity index (χ3n) is 5.72. The summed E-state index contributed by atoms with van der Waals surface area (Å²) in [5.41, 5.74) is 1.40. The van der Waals surface area contributed by atoms with Crippen LogP contribution in [0.1, 0.15) is 36.2 Å². The number of carbonyl (C=O) groups excluding carboxylic acids is 2. The molecule has 31 heavy (non-hydrogen) atoms. The van der Waals surface area contributed by atoms with E-state index >= 15 is 0 Å². The van der Waals surface area contributed by atoms with Crippen LogP contribution in [0.25, 0.3) is 11.3 Å². The van der Waals surface area contributed by atoms with E-state index in [0.717, 1.165) is 0 Å². The number of carbonyl (C=O) groups is 2. The highest BCUT2D eigenvalue weighted by Gasteiger charge is 2.46. The van der Waals surface area contributed by atoms with Gasteiger partial charge in [0.25, 0.3) is 11.8 Å². The first-order valence-corrected chi connectivity index (χ1v) is 10.4. The Morgan fingerprint density at radius 3 is 2.65 bits per heavy atom. The lowest BCUT2D eigenvalue weighted by atomic mass is 9.87. The van der Waals surface area contributed by atoms with E-state index in [9.17, 15) is 18.4 Å². The molecule has 1 saturated carbocycles. The number of alkyl halides is 2. The Morgan fingerprint density at radius 2 is 2.00 bits per heavy atom. The molecule has 4 rings (SSSR count). The number of H-pyrrole nitrogens is 1. The molecule has 2 aliphatic rings. The van der Waals surface area contributed by atoms with Crippen LogP contribution in [0.15, 0.2) is 18.3 Å². The average Bonchev–Trinajstić information content (AvgIpc) is 3.22. The first-order chi connectivity index (χ1) is 14.8. The van der Waals surface area contributed by atoms with Gasteiger partial charge in [-0.05, 0) is 18.9 Å². The molecule has 0 aromatic carbocycles. The topological polar surface area (TPSA) is 100 Å². The van der Waals surface area contributed by atoms with Crippen molar-refractivity contribution < 1.29 is 23.1 Å². The van der Waals surface area contributed by atoms with Crippen molar-refractivity contribution in [3.63, 3.8) is 0 Å². The van der Waals surface area contributed by atoms with E-state index in [1.165, 1.54) is 13.3 Å². The summed E-state index contributed by atoms with van der Waals surface area (Å²) in [6.07, 6.45) is 1.81. The van der Waals surface area contributed by atoms with Crippen molar-refractivity contribution in [1.29, 1.82) is 0 Å². The number of methoxy groups -OCH3 is 1. The predicted octanol–water partition coefficient (Wildman–Crippen LogP) is 2.90. The number of amides is 2. The minimum Gasteiger partial charge on any atom is -0.481 e. The molecule has 2 N–H and O–H groups in total. The molecule has 2 amide bonds. The standard InChI is InChI=1S/C20H22ClF2N5O3/c1-31-17-6-13(14(21)10-24-17)15-7-16(27-26-15)19(30)28-4-2-11(3-5-28)18(29)25-12-8-20(22,23)9-12/h6-7,10-12H,2-5,8-9H2,1H3,(H,25,29)(H,26,27). The Balaban J connectivity index is 1.34. The Morgan fingerprint density at radius 1 is 1.29 bits per heavy atom. The highest BCUT2D eigenvalue weighted by molar-refractivity contribution is 6.33. The fraction of sp³-hybridized carbons (Fsp3) is 0.500. The van der Waals surface area contributed by atoms with Crippen LogP contribution in [-0.2, 0) is 4.79 Å². The molecule has 2 aromatic heterocycles. The van der Waals surface area contributed by atoms with Crippen LogP contribution in [0.3, 0.4) is 0 Å². The molecule has 0 spiro atoms. The number of halogens is 3. The third-order valence-corrected chi connectivity index (χ3v) is 6.02. The van der Waals surface area contributed by atoms with Gasteiger partial charge >= 0.3 is 0 Å². The fourth-order valence-corrected chi connectivity index (χ4v) is 4.10. The molecule has 2 fully saturated rings. The molecule has 0 unspecified atom stereocenters. The van der Waals surface area contributed by atoms with Crippen molar-refractivity contribution in [1.82, 2.24) is 25.4 Å². The van der Waals surface area contributed by atoms with Gasteiger partial charge in [0.2, 0.25) is 11.8 Å². The monoisotopic (exact) mass is 453 g/mol. The number of hydrogen-bond acceptors (Lipinski definition) is 5. The summed E-state index contributed by atoms with van der Waals surface area (Å²) < 4.78 is 31.0. The number of likely N-dealkylation sites (tertiary alicyclic amines) is 1. The zero-order valence-corrected chi connectivity index (χ0v) is 17.6. The van der Waals surface area contributed by atoms with E-state index in [1.54, 1.807) is 17.0 Å². The molecule has 0 atom stereocenters. The maximum atomic E-state index is 12.9. The predicted molar refractivity (Wildman–Crippen MR) is 108 cm³/mol. The van der Waals surface area contributed by atoms with E-state index in [2.05, 4.69) is 20.5 Å². The molecule has 0 bridgehead atoms. The molecule has 166 valence electrons. The smallest absolute Gasteiger partial charge is 0.274 e. The molecule has 1 aliphatic heterocycles. The van der Waals surface area contributed by atoms with Gasteiger partial charge in [-0.15, -0.1) is 0 Å². The first kappa shape index (κ1) is 21.5. The van der Waals surface area contributed by atoms with Gasteiger partial charge in [-0.3, -0.25) is 14.7 Å². The largest absolute Gasteiger partial charge is 0.481 e. The van der Waals surface area contributed by atoms with Crippen molar-refractivity contribution in [2.45, 2.75) is 37.6 Å². The van der Waals surface area contributed by atoms with E-state index in [4.69, 9.17) is 16.3 Å². The highest BCUT2D eigenvalue weighted by Crippen LogP contribution is 2.37. The van der Waals surface area contributed by atoms with E-state index < -0.39 is 12.0 Å². The van der Waals surface area contributed by atoms with Gasteiger partial charge in [0.1, 0.15) is 0 Å². The lowest BCUT2D eigenvalue weighted by molar-refractivity contribution is -0.134. The molecule has 1 saturated heterocycles. The zero-order valence-electron chi connectivity index (χ0n) is 16.8. The van der Waals surface area contributed by atoms with Crippen LogP contribution in [0.4, 0.5) is 8.78 Å². The second-order valence-corrected chi connectivity index (χ2v) is 8.32. The number of hydrogen-bond donors (Lipinski definition) is 2. The number of nitrogens with one attached hydrogen (secondary N) is 2. The summed E-state index contributed by atoms with van der Waals surface area (Å²) in [7, 11) is 1.49. The summed E-state index contributed by atoms with van der Waals surface area (Å²) in [4.78, 5) is 30.8. The Bertz CT molecular complexity index is 983. The van der Waals surface area contributed by atoms with Crippen molar-refractivity contribution in [2.24, 2.45) is 5.92 Å². The van der Waals surface area contributed by atoms with E-state index in [0.29, 0.717) is 48.1 Å². The number of rotatable bonds is 5. The van der Waals surface area contributed by atoms with Crippen LogP contribution in [0.5, 0.6) is 5.88 Å². The van der Waals surface area contributed by atoms with Gasteiger partial charge in [0.05, 0.1) is 24.0 Å². The van der Waals surface area contributed by atoms with E-state index in [-0.39, 0.29) is 36.3 Å². The fourth-order valence-electron chi connectivity index (χ4n) is 3.90. The van der Waals surface area contributed by atoms with Crippen LogP contribution in [0, 0.1) is 5.92 Å². The van der Waals surface area contributed by atoms with Gasteiger partial charge < -0.3 is 15.0 Å². The maximum Gasteiger partial charge on any atom is 0.274 e. The summed E-state index contributed by atoms with van der Waals surface area (Å²) in [6.45, 7) is 0.785. The third kappa shape index (κ3) is 4.63. The van der Waals surface area contributed by atoms with Crippen molar-refractivity contribution >= 4 is 23.4 Å². The van der Waals surface area contributed by atoms with Gasteiger partial charge in [0, 0.05) is 49.5 Å². The van der Waals surface area contributed by atoms with Gasteiger partial charge in [-0.2, -0.15) is 5.10 Å². The molecular weight excluding hydrogens is 432 g/mol. The molecule has 1 aliphatic carbocycles. The Labute approximate surface area is 182 Å². The first-order valence-electron chi connectivity index (χ1n) is 9.98. The molecule has 3 heterocycles. The average molecular weight is 454 g/mol. The number of nitrogens with zero attached hydrogens (tertiary/aromatic N) is 3. The quantitative estimate of drug-likeness (QED) is 0.725. The van der Waals surface area contributed by atoms with Crippen molar-refractivity contribution in [2.75, 3.05) is 20.2 Å². The van der Waals surface area contributed by atoms with Crippen LogP contribution >= 0.6 is 11.6 Å². The zero-order chi connectivity index (χ0) is 22.2. The second-order valence-electron chi connectivity index (χ2n) is 7.91. The Hall–Kier alpha value is -2.75. The lowest BCUT2D eigenvalue weighted by Gasteiger charge is -2.37. The number of pyridine rings is 1. The minimum absolute atomic E-state index is 0.212. The lowest BCUT2D eigenvalue weighted by Crippen LogP contribution is -2.53. The molecular formula is C20H22ClF2N5O3. The summed E-state index contributed by atoms with van der Waals surface area (Å²) in [5, 5.41) is 9.99. The summed E-state index contributed by atoms with van der Waals surface area (Å²) in [5.74, 6) is -3.03. The SMILES string of the molecule is COc1cc(-c2cc(C(=O)N3CCC(C(=O)NC4CC(F)(F)C4)CC3)n[nH]2)c(Cl)cn1. The summed E-state index contributed by atoms with van der Waals surface area (Å²) >= 11 is 6.20. The molecule has 0 radical (unpaired) electrons. The molecule has 2 aromatic rings. The van der Waals surface area contributed by atoms with Crippen LogP contribution in [0.2, 0.25) is 5.02 Å². The highest BCUT2D eigenvalue weighted by atomic mass is 35.5. The second kappa shape index (κ2) is 8.41. The van der Waals surface area contributed by atoms with Crippen LogP contribution in [-0.4, -0.2) is 64.1 Å². The minimum atomic E-state index is -2.66. The van der Waals surface area contributed by atoms with E-state index in [1.807, 2.05) is 0 Å². The molecule has 11 heteroatoms. The van der Waals surface area contributed by atoms with Crippen molar-refractivity contribution in [3.05, 3.63) is 29.0 Å². The van der Waals surface area contributed by atoms with Gasteiger partial charge in [-0.25, -0.2) is 13.8 Å². The Kier molecular flexibility index (Phi) is 5.83. The van der Waals surface area contributed by atoms with Crippen molar-refractivity contribution in [3.8, 4) is 17.1 Å². The normalized spacial score (nSPS) is 19.0. The number of ether oxygens (including phenoxy) is 1. The maximum absolute atomic E-state index is 12.9. The summed E-state index contributed by atoms with van der Waals surface area (Å²) in [6, 6.07) is 2.80. The number of aromatic amines is 1.